The highest BCUT2D eigenvalue weighted by atomic mass is 14.9. The summed E-state index contributed by atoms with van der Waals surface area (Å²) >= 11 is 0. The SMILES string of the molecule is CCC(CCCCCCNC)NC. The lowest BCUT2D eigenvalue weighted by Gasteiger charge is -2.12. The second-order valence-corrected chi connectivity index (χ2v) is 3.70. The fourth-order valence-electron chi connectivity index (χ4n) is 1.60. The normalized spacial score (nSPS) is 13.2. The van der Waals surface area contributed by atoms with Crippen LogP contribution in [0.25, 0.3) is 0 Å². The number of nitrogens with one attached hydrogen (secondary N) is 2. The smallest absolute Gasteiger partial charge is 0.00614 e. The summed E-state index contributed by atoms with van der Waals surface area (Å²) in [6.07, 6.45) is 8.07. The molecule has 1 unspecified atom stereocenters. The van der Waals surface area contributed by atoms with Gasteiger partial charge in [0.05, 0.1) is 0 Å². The average molecular weight is 186 g/mol. The first-order valence-corrected chi connectivity index (χ1v) is 5.67. The first-order chi connectivity index (χ1) is 6.35. The molecule has 0 amide bonds. The van der Waals surface area contributed by atoms with Crippen LogP contribution in [-0.2, 0) is 0 Å². The van der Waals surface area contributed by atoms with Crippen LogP contribution in [0.1, 0.15) is 45.4 Å². The Morgan fingerprint density at radius 1 is 1.00 bits per heavy atom. The third-order valence-corrected chi connectivity index (χ3v) is 2.63. The lowest BCUT2D eigenvalue weighted by molar-refractivity contribution is 0.473. The zero-order chi connectivity index (χ0) is 9.94. The predicted molar refractivity (Wildman–Crippen MR) is 60.2 cm³/mol. The molecular weight excluding hydrogens is 160 g/mol. The second kappa shape index (κ2) is 10.0. The molecule has 0 heterocycles. The van der Waals surface area contributed by atoms with Gasteiger partial charge < -0.3 is 10.6 Å². The molecule has 0 radical (unpaired) electrons. The molecule has 80 valence electrons. The first kappa shape index (κ1) is 12.9. The van der Waals surface area contributed by atoms with Gasteiger partial charge in [0.1, 0.15) is 0 Å². The standard InChI is InChI=1S/C11H26N2/c1-4-11(13-3)9-7-5-6-8-10-12-2/h11-13H,4-10H2,1-3H3. The first-order valence-electron chi connectivity index (χ1n) is 5.67. The van der Waals surface area contributed by atoms with E-state index in [2.05, 4.69) is 24.6 Å². The highest BCUT2D eigenvalue weighted by Gasteiger charge is 2.00. The zero-order valence-electron chi connectivity index (χ0n) is 9.53. The van der Waals surface area contributed by atoms with Crippen molar-refractivity contribution < 1.29 is 0 Å². The number of hydrogen-bond donors (Lipinski definition) is 2. The van der Waals surface area contributed by atoms with E-state index in [1.807, 2.05) is 7.05 Å². The summed E-state index contributed by atoms with van der Waals surface area (Å²) in [6.45, 7) is 3.42. The van der Waals surface area contributed by atoms with Crippen LogP contribution in [0.2, 0.25) is 0 Å². The molecule has 13 heavy (non-hydrogen) atoms. The van der Waals surface area contributed by atoms with Crippen molar-refractivity contribution in [1.29, 1.82) is 0 Å². The molecule has 0 aliphatic carbocycles. The Balaban J connectivity index is 3.05. The van der Waals surface area contributed by atoms with Gasteiger partial charge in [0.25, 0.3) is 0 Å². The van der Waals surface area contributed by atoms with Crippen LogP contribution in [0.4, 0.5) is 0 Å². The average Bonchev–Trinajstić information content (AvgIpc) is 2.17. The van der Waals surface area contributed by atoms with Crippen molar-refractivity contribution in [3.05, 3.63) is 0 Å². The number of rotatable bonds is 9. The Bertz CT molecular complexity index is 90.1. The van der Waals surface area contributed by atoms with E-state index >= 15 is 0 Å². The lowest BCUT2D eigenvalue weighted by atomic mass is 10.1. The number of hydrogen-bond acceptors (Lipinski definition) is 2. The van der Waals surface area contributed by atoms with Crippen molar-refractivity contribution in [1.82, 2.24) is 10.6 Å². The van der Waals surface area contributed by atoms with Crippen LogP contribution >= 0.6 is 0 Å². The summed E-state index contributed by atoms with van der Waals surface area (Å²) in [5, 5.41) is 6.52. The maximum Gasteiger partial charge on any atom is 0.00614 e. The Morgan fingerprint density at radius 3 is 2.23 bits per heavy atom. The van der Waals surface area contributed by atoms with Crippen molar-refractivity contribution in [2.45, 2.75) is 51.5 Å². The molecular formula is C11H26N2. The van der Waals surface area contributed by atoms with Gasteiger partial charge in [0.15, 0.2) is 0 Å². The van der Waals surface area contributed by atoms with E-state index < -0.39 is 0 Å². The topological polar surface area (TPSA) is 24.1 Å². The summed E-state index contributed by atoms with van der Waals surface area (Å²) in [5.74, 6) is 0. The van der Waals surface area contributed by atoms with Crippen molar-refractivity contribution >= 4 is 0 Å². The van der Waals surface area contributed by atoms with Crippen molar-refractivity contribution in [2.24, 2.45) is 0 Å². The van der Waals surface area contributed by atoms with Gasteiger partial charge in [0, 0.05) is 6.04 Å². The van der Waals surface area contributed by atoms with Crippen LogP contribution in [0.5, 0.6) is 0 Å². The Morgan fingerprint density at radius 2 is 1.69 bits per heavy atom. The number of unbranched alkanes of at least 4 members (excludes halogenated alkanes) is 3. The molecule has 2 heteroatoms. The molecule has 0 saturated carbocycles. The Labute approximate surface area is 83.5 Å². The molecule has 0 fully saturated rings. The largest absolute Gasteiger partial charge is 0.320 e. The van der Waals surface area contributed by atoms with Crippen LogP contribution in [-0.4, -0.2) is 26.7 Å². The molecule has 0 spiro atoms. The van der Waals surface area contributed by atoms with E-state index in [1.165, 1.54) is 45.1 Å². The van der Waals surface area contributed by atoms with Gasteiger partial charge in [-0.3, -0.25) is 0 Å². The molecule has 0 aliphatic heterocycles. The Hall–Kier alpha value is -0.0800. The van der Waals surface area contributed by atoms with Crippen LogP contribution in [0, 0.1) is 0 Å². The quantitative estimate of drug-likeness (QED) is 0.539. The molecule has 0 rings (SSSR count). The summed E-state index contributed by atoms with van der Waals surface area (Å²) in [4.78, 5) is 0. The van der Waals surface area contributed by atoms with E-state index in [0.717, 1.165) is 6.04 Å². The van der Waals surface area contributed by atoms with Gasteiger partial charge in [0.2, 0.25) is 0 Å². The van der Waals surface area contributed by atoms with Gasteiger partial charge in [-0.15, -0.1) is 0 Å². The van der Waals surface area contributed by atoms with E-state index in [9.17, 15) is 0 Å². The molecule has 0 aliphatic rings. The molecule has 0 aromatic carbocycles. The van der Waals surface area contributed by atoms with Gasteiger partial charge in [-0.1, -0.05) is 26.2 Å². The van der Waals surface area contributed by atoms with Crippen LogP contribution in [0.15, 0.2) is 0 Å². The Kier molecular flexibility index (Phi) is 9.94. The maximum absolute atomic E-state index is 3.34. The second-order valence-electron chi connectivity index (χ2n) is 3.70. The monoisotopic (exact) mass is 186 g/mol. The molecule has 1 atom stereocenters. The molecule has 0 aromatic rings. The summed E-state index contributed by atoms with van der Waals surface area (Å²) < 4.78 is 0. The molecule has 2 nitrogen and oxygen atoms in total. The van der Waals surface area contributed by atoms with E-state index in [1.54, 1.807) is 0 Å². The van der Waals surface area contributed by atoms with E-state index in [4.69, 9.17) is 0 Å². The lowest BCUT2D eigenvalue weighted by Crippen LogP contribution is -2.23. The highest BCUT2D eigenvalue weighted by molar-refractivity contribution is 4.61. The minimum atomic E-state index is 0.740. The fourth-order valence-corrected chi connectivity index (χ4v) is 1.60. The van der Waals surface area contributed by atoms with Gasteiger partial charge in [-0.05, 0) is 39.9 Å². The van der Waals surface area contributed by atoms with Gasteiger partial charge >= 0.3 is 0 Å². The summed E-state index contributed by atoms with van der Waals surface area (Å²) in [7, 11) is 4.09. The molecule has 0 aromatic heterocycles. The van der Waals surface area contributed by atoms with Gasteiger partial charge in [-0.25, -0.2) is 0 Å². The zero-order valence-corrected chi connectivity index (χ0v) is 9.53. The fraction of sp³-hybridized carbons (Fsp3) is 1.00. The molecule has 0 bridgehead atoms. The predicted octanol–water partition coefficient (Wildman–Crippen LogP) is 2.15. The van der Waals surface area contributed by atoms with Crippen molar-refractivity contribution in [3.8, 4) is 0 Å². The van der Waals surface area contributed by atoms with E-state index in [0.29, 0.717) is 0 Å². The van der Waals surface area contributed by atoms with Crippen molar-refractivity contribution in [2.75, 3.05) is 20.6 Å². The van der Waals surface area contributed by atoms with E-state index in [-0.39, 0.29) is 0 Å². The third kappa shape index (κ3) is 8.26. The maximum atomic E-state index is 3.34. The minimum absolute atomic E-state index is 0.740. The van der Waals surface area contributed by atoms with Gasteiger partial charge in [-0.2, -0.15) is 0 Å². The van der Waals surface area contributed by atoms with Crippen LogP contribution < -0.4 is 10.6 Å². The molecule has 2 N–H and O–H groups in total. The molecule has 0 saturated heterocycles. The summed E-state index contributed by atoms with van der Waals surface area (Å²) in [5.41, 5.74) is 0. The van der Waals surface area contributed by atoms with Crippen molar-refractivity contribution in [3.63, 3.8) is 0 Å². The highest BCUT2D eigenvalue weighted by Crippen LogP contribution is 2.07. The third-order valence-electron chi connectivity index (χ3n) is 2.63. The summed E-state index contributed by atoms with van der Waals surface area (Å²) in [6, 6.07) is 0.740. The van der Waals surface area contributed by atoms with Crippen LogP contribution in [0.3, 0.4) is 0 Å². The minimum Gasteiger partial charge on any atom is -0.320 e.